The van der Waals surface area contributed by atoms with Crippen molar-refractivity contribution in [1.82, 2.24) is 9.88 Å². The Morgan fingerprint density at radius 1 is 1.50 bits per heavy atom. The van der Waals surface area contributed by atoms with Crippen LogP contribution in [0.3, 0.4) is 0 Å². The van der Waals surface area contributed by atoms with Crippen LogP contribution in [-0.2, 0) is 0 Å². The number of H-pyrrole nitrogens is 1. The molecule has 7 nitrogen and oxygen atoms in total. The molecule has 1 aromatic carbocycles. The fraction of sp³-hybridized carbons (Fsp3) is 0.471. The predicted octanol–water partition coefficient (Wildman–Crippen LogP) is 2.70. The maximum Gasteiger partial charge on any atom is 0.293 e. The van der Waals surface area contributed by atoms with E-state index in [1.807, 2.05) is 0 Å². The number of fused-ring (bicyclic) bond motifs is 1. The molecule has 2 aromatic rings. The van der Waals surface area contributed by atoms with Crippen LogP contribution in [0.5, 0.6) is 0 Å². The molecule has 7 heteroatoms. The Balaban J connectivity index is 1.98. The first kappa shape index (κ1) is 16.4. The summed E-state index contributed by atoms with van der Waals surface area (Å²) in [4.78, 5) is 28.2. The van der Waals surface area contributed by atoms with Crippen LogP contribution in [0.2, 0.25) is 0 Å². The lowest BCUT2D eigenvalue weighted by Gasteiger charge is -2.43. The number of benzene rings is 1. The van der Waals surface area contributed by atoms with Crippen molar-refractivity contribution in [2.75, 3.05) is 13.2 Å². The lowest BCUT2D eigenvalue weighted by atomic mass is 9.81. The van der Waals surface area contributed by atoms with Gasteiger partial charge in [-0.3, -0.25) is 14.9 Å². The number of nitrogens with zero attached hydrogens (tertiary/aromatic N) is 2. The highest BCUT2D eigenvalue weighted by Crippen LogP contribution is 2.33. The monoisotopic (exact) mass is 331 g/mol. The molecule has 1 aliphatic heterocycles. The molecular weight excluding hydrogens is 310 g/mol. The fourth-order valence-electron chi connectivity index (χ4n) is 3.37. The second-order valence-electron chi connectivity index (χ2n) is 7.15. The molecule has 3 rings (SSSR count). The number of aliphatic hydroxyl groups excluding tert-OH is 1. The number of hydrogen-bond acceptors (Lipinski definition) is 4. The highest BCUT2D eigenvalue weighted by atomic mass is 16.6. The van der Waals surface area contributed by atoms with E-state index in [4.69, 9.17) is 0 Å². The molecule has 2 N–H and O–H groups in total. The minimum absolute atomic E-state index is 0.0145. The smallest absolute Gasteiger partial charge is 0.293 e. The van der Waals surface area contributed by atoms with E-state index in [0.717, 1.165) is 12.8 Å². The van der Waals surface area contributed by atoms with Crippen molar-refractivity contribution in [3.05, 3.63) is 40.1 Å². The van der Waals surface area contributed by atoms with E-state index in [2.05, 4.69) is 18.8 Å². The molecule has 0 saturated carbocycles. The van der Waals surface area contributed by atoms with Crippen molar-refractivity contribution in [2.24, 2.45) is 5.41 Å². The van der Waals surface area contributed by atoms with Gasteiger partial charge in [-0.25, -0.2) is 0 Å². The van der Waals surface area contributed by atoms with Crippen molar-refractivity contribution < 1.29 is 14.8 Å². The molecule has 1 aliphatic rings. The zero-order chi connectivity index (χ0) is 17.5. The summed E-state index contributed by atoms with van der Waals surface area (Å²) in [5.74, 6) is -0.229. The number of nitrogens with one attached hydrogen (secondary N) is 1. The third kappa shape index (κ3) is 2.87. The number of piperidine rings is 1. The van der Waals surface area contributed by atoms with Gasteiger partial charge < -0.3 is 15.0 Å². The SMILES string of the molecule is CC1(C)CCC(CO)N(C(=O)c2cc3cccc([N+](=O)[O-])c3[nH]2)C1. The number of carbonyl (C=O) groups excluding carboxylic acids is 1. The molecule has 0 bridgehead atoms. The van der Waals surface area contributed by atoms with Crippen LogP contribution in [0.15, 0.2) is 24.3 Å². The van der Waals surface area contributed by atoms with Gasteiger partial charge >= 0.3 is 0 Å². The number of nitro benzene ring substituents is 1. The minimum atomic E-state index is -0.465. The Morgan fingerprint density at radius 3 is 2.92 bits per heavy atom. The number of para-hydroxylation sites is 1. The number of aromatic amines is 1. The molecule has 0 aliphatic carbocycles. The minimum Gasteiger partial charge on any atom is -0.394 e. The topological polar surface area (TPSA) is 99.5 Å². The molecule has 1 fully saturated rings. The fourth-order valence-corrected chi connectivity index (χ4v) is 3.37. The Hall–Kier alpha value is -2.41. The number of carbonyl (C=O) groups is 1. The molecular formula is C17H21N3O4. The van der Waals surface area contributed by atoms with E-state index in [1.54, 1.807) is 23.1 Å². The molecule has 1 aromatic heterocycles. The molecule has 128 valence electrons. The van der Waals surface area contributed by atoms with Crippen molar-refractivity contribution in [1.29, 1.82) is 0 Å². The summed E-state index contributed by atoms with van der Waals surface area (Å²) in [7, 11) is 0. The number of non-ortho nitro benzene ring substituents is 1. The molecule has 2 heterocycles. The molecule has 1 atom stereocenters. The summed E-state index contributed by atoms with van der Waals surface area (Å²) >= 11 is 0. The first-order valence-electron chi connectivity index (χ1n) is 8.00. The highest BCUT2D eigenvalue weighted by molar-refractivity contribution is 6.00. The largest absolute Gasteiger partial charge is 0.394 e. The molecule has 0 radical (unpaired) electrons. The van der Waals surface area contributed by atoms with Gasteiger partial charge in [0.05, 0.1) is 17.6 Å². The predicted molar refractivity (Wildman–Crippen MR) is 89.9 cm³/mol. The summed E-state index contributed by atoms with van der Waals surface area (Å²) in [5.41, 5.74) is 0.599. The first-order valence-corrected chi connectivity index (χ1v) is 8.00. The lowest BCUT2D eigenvalue weighted by Crippen LogP contribution is -2.51. The quantitative estimate of drug-likeness (QED) is 0.667. The second kappa shape index (κ2) is 5.90. The van der Waals surface area contributed by atoms with Crippen LogP contribution in [-0.4, -0.2) is 45.0 Å². The lowest BCUT2D eigenvalue weighted by molar-refractivity contribution is -0.383. The number of likely N-dealkylation sites (tertiary alicyclic amines) is 1. The van der Waals surface area contributed by atoms with Gasteiger partial charge in [0, 0.05) is 18.0 Å². The first-order chi connectivity index (χ1) is 11.3. The van der Waals surface area contributed by atoms with Crippen molar-refractivity contribution in [3.63, 3.8) is 0 Å². The zero-order valence-electron chi connectivity index (χ0n) is 13.8. The number of amides is 1. The van der Waals surface area contributed by atoms with Gasteiger partial charge in [-0.05, 0) is 24.3 Å². The molecule has 1 amide bonds. The second-order valence-corrected chi connectivity index (χ2v) is 7.15. The average Bonchev–Trinajstić information content (AvgIpc) is 2.97. The van der Waals surface area contributed by atoms with Crippen LogP contribution in [0, 0.1) is 15.5 Å². The zero-order valence-corrected chi connectivity index (χ0v) is 13.8. The van der Waals surface area contributed by atoms with Gasteiger partial charge in [0.15, 0.2) is 0 Å². The average molecular weight is 331 g/mol. The van der Waals surface area contributed by atoms with E-state index in [0.29, 0.717) is 23.1 Å². The van der Waals surface area contributed by atoms with E-state index in [-0.39, 0.29) is 29.7 Å². The normalized spacial score (nSPS) is 20.3. The van der Waals surface area contributed by atoms with Gasteiger partial charge in [0.1, 0.15) is 11.2 Å². The van der Waals surface area contributed by atoms with E-state index in [1.165, 1.54) is 6.07 Å². The van der Waals surface area contributed by atoms with Crippen LogP contribution < -0.4 is 0 Å². The molecule has 0 spiro atoms. The summed E-state index contributed by atoms with van der Waals surface area (Å²) in [6.07, 6.45) is 1.69. The number of aliphatic hydroxyl groups is 1. The third-order valence-corrected chi connectivity index (χ3v) is 4.73. The number of nitro groups is 1. The van der Waals surface area contributed by atoms with Gasteiger partial charge in [0.2, 0.25) is 0 Å². The van der Waals surface area contributed by atoms with Crippen LogP contribution in [0.25, 0.3) is 10.9 Å². The van der Waals surface area contributed by atoms with Gasteiger partial charge in [-0.2, -0.15) is 0 Å². The Morgan fingerprint density at radius 2 is 2.25 bits per heavy atom. The standard InChI is InChI=1S/C17H21N3O4/c1-17(2)7-6-12(9-21)19(10-17)16(22)13-8-11-4-3-5-14(20(23)24)15(11)18-13/h3-5,8,12,18,21H,6-7,9-10H2,1-2H3. The summed E-state index contributed by atoms with van der Waals surface area (Å²) in [6.45, 7) is 4.66. The van der Waals surface area contributed by atoms with Crippen molar-refractivity contribution in [2.45, 2.75) is 32.7 Å². The number of hydrogen-bond donors (Lipinski definition) is 2. The van der Waals surface area contributed by atoms with Crippen LogP contribution in [0.1, 0.15) is 37.2 Å². The third-order valence-electron chi connectivity index (χ3n) is 4.73. The maximum atomic E-state index is 12.9. The number of rotatable bonds is 3. The highest BCUT2D eigenvalue weighted by Gasteiger charge is 2.36. The molecule has 24 heavy (non-hydrogen) atoms. The Bertz CT molecular complexity index is 796. The van der Waals surface area contributed by atoms with E-state index < -0.39 is 4.92 Å². The molecule has 1 unspecified atom stereocenters. The molecule has 1 saturated heterocycles. The van der Waals surface area contributed by atoms with Gasteiger partial charge in [0.25, 0.3) is 11.6 Å². The van der Waals surface area contributed by atoms with E-state index >= 15 is 0 Å². The van der Waals surface area contributed by atoms with Crippen LogP contribution >= 0.6 is 0 Å². The van der Waals surface area contributed by atoms with E-state index in [9.17, 15) is 20.0 Å². The van der Waals surface area contributed by atoms with Crippen LogP contribution in [0.4, 0.5) is 5.69 Å². The van der Waals surface area contributed by atoms with Crippen molar-refractivity contribution in [3.8, 4) is 0 Å². The Kier molecular flexibility index (Phi) is 4.04. The maximum absolute atomic E-state index is 12.9. The summed E-state index contributed by atoms with van der Waals surface area (Å²) < 4.78 is 0. The summed E-state index contributed by atoms with van der Waals surface area (Å²) in [5, 5.41) is 21.4. The van der Waals surface area contributed by atoms with Gasteiger partial charge in [-0.1, -0.05) is 26.0 Å². The van der Waals surface area contributed by atoms with Crippen molar-refractivity contribution >= 4 is 22.5 Å². The summed E-state index contributed by atoms with van der Waals surface area (Å²) in [6, 6.07) is 6.17. The number of aromatic nitrogens is 1. The van der Waals surface area contributed by atoms with Gasteiger partial charge in [-0.15, -0.1) is 0 Å². The Labute approximate surface area is 139 Å².